The molecule has 0 unspecified atom stereocenters. The Morgan fingerprint density at radius 3 is 2.48 bits per heavy atom. The van der Waals surface area contributed by atoms with Gasteiger partial charge in [-0.3, -0.25) is 4.79 Å². The minimum Gasteiger partial charge on any atom is -0.406 e. The maximum absolute atomic E-state index is 12.8. The van der Waals surface area contributed by atoms with E-state index in [9.17, 15) is 26.4 Å². The fourth-order valence-corrected chi connectivity index (χ4v) is 4.20. The molecule has 0 aliphatic rings. The topological polar surface area (TPSA) is 65.4 Å². The molecule has 0 radical (unpaired) electrons. The fourth-order valence-electron chi connectivity index (χ4n) is 2.89. The Balaban J connectivity index is 2.09. The average molecular weight is 446 g/mol. The SMILES string of the molecule is CCS(=O)(=O)c1ccc(Cl)cc1Cn1ccc2ccc(OC(F)(F)F)cc2c1=O. The molecule has 5 nitrogen and oxygen atoms in total. The van der Waals surface area contributed by atoms with E-state index in [0.29, 0.717) is 16.0 Å². The maximum atomic E-state index is 12.8. The number of benzene rings is 2. The van der Waals surface area contributed by atoms with Crippen molar-refractivity contribution in [2.45, 2.75) is 24.7 Å². The molecule has 10 heteroatoms. The van der Waals surface area contributed by atoms with Crippen molar-refractivity contribution in [2.75, 3.05) is 5.75 Å². The van der Waals surface area contributed by atoms with Crippen molar-refractivity contribution >= 4 is 32.2 Å². The van der Waals surface area contributed by atoms with Gasteiger partial charge in [0.2, 0.25) is 0 Å². The zero-order chi connectivity index (χ0) is 21.4. The van der Waals surface area contributed by atoms with Crippen molar-refractivity contribution in [3.63, 3.8) is 0 Å². The van der Waals surface area contributed by atoms with Crippen LogP contribution in [0.3, 0.4) is 0 Å². The third kappa shape index (κ3) is 4.73. The highest BCUT2D eigenvalue weighted by atomic mass is 35.5. The first-order valence-corrected chi connectivity index (χ1v) is 10.4. The summed E-state index contributed by atoms with van der Waals surface area (Å²) >= 11 is 5.99. The van der Waals surface area contributed by atoms with E-state index in [4.69, 9.17) is 11.6 Å². The predicted octanol–water partition coefficient (Wildman–Crippen LogP) is 4.40. The van der Waals surface area contributed by atoms with E-state index in [1.807, 2.05) is 0 Å². The van der Waals surface area contributed by atoms with Crippen LogP contribution in [-0.2, 0) is 16.4 Å². The van der Waals surface area contributed by atoms with E-state index in [1.54, 1.807) is 6.07 Å². The summed E-state index contributed by atoms with van der Waals surface area (Å²) in [6, 6.07) is 9.27. The molecule has 3 aromatic rings. The van der Waals surface area contributed by atoms with Crippen LogP contribution in [-0.4, -0.2) is 25.1 Å². The highest BCUT2D eigenvalue weighted by Crippen LogP contribution is 2.26. The Kier molecular flexibility index (Phi) is 5.64. The lowest BCUT2D eigenvalue weighted by Crippen LogP contribution is -2.22. The molecule has 0 aliphatic heterocycles. The van der Waals surface area contributed by atoms with Gasteiger partial charge in [-0.05, 0) is 47.3 Å². The zero-order valence-electron chi connectivity index (χ0n) is 15.0. The summed E-state index contributed by atoms with van der Waals surface area (Å²) in [4.78, 5) is 12.9. The molecular weight excluding hydrogens is 431 g/mol. The number of aromatic nitrogens is 1. The van der Waals surface area contributed by atoms with Gasteiger partial charge in [-0.25, -0.2) is 8.42 Å². The third-order valence-electron chi connectivity index (χ3n) is 4.26. The van der Waals surface area contributed by atoms with Gasteiger partial charge in [0.05, 0.1) is 22.6 Å². The van der Waals surface area contributed by atoms with Gasteiger partial charge in [-0.1, -0.05) is 24.6 Å². The molecule has 0 saturated carbocycles. The number of hydrogen-bond donors (Lipinski definition) is 0. The summed E-state index contributed by atoms with van der Waals surface area (Å²) < 4.78 is 67.2. The van der Waals surface area contributed by atoms with Crippen molar-refractivity contribution < 1.29 is 26.3 Å². The van der Waals surface area contributed by atoms with E-state index >= 15 is 0 Å². The van der Waals surface area contributed by atoms with Crippen LogP contribution in [0.1, 0.15) is 12.5 Å². The Hall–Kier alpha value is -2.52. The second kappa shape index (κ2) is 7.72. The maximum Gasteiger partial charge on any atom is 0.573 e. The largest absolute Gasteiger partial charge is 0.573 e. The highest BCUT2D eigenvalue weighted by Gasteiger charge is 2.31. The van der Waals surface area contributed by atoms with Crippen LogP contribution in [0.2, 0.25) is 5.02 Å². The van der Waals surface area contributed by atoms with Crippen molar-refractivity contribution in [2.24, 2.45) is 0 Å². The lowest BCUT2D eigenvalue weighted by molar-refractivity contribution is -0.274. The molecule has 29 heavy (non-hydrogen) atoms. The van der Waals surface area contributed by atoms with Crippen molar-refractivity contribution in [1.82, 2.24) is 4.57 Å². The second-order valence-corrected chi connectivity index (χ2v) is 8.88. The first-order valence-electron chi connectivity index (χ1n) is 8.40. The van der Waals surface area contributed by atoms with Crippen LogP contribution in [0.5, 0.6) is 5.75 Å². The van der Waals surface area contributed by atoms with Gasteiger partial charge in [0.15, 0.2) is 9.84 Å². The minimum atomic E-state index is -4.88. The standard InChI is InChI=1S/C19H15ClF3NO4S/c1-2-29(26,27)17-6-4-14(20)9-13(17)11-24-8-7-12-3-5-15(28-19(21,22)23)10-16(12)18(24)25/h3-10H,2,11H2,1H3. The van der Waals surface area contributed by atoms with Crippen LogP contribution in [0.25, 0.3) is 10.8 Å². The van der Waals surface area contributed by atoms with Crippen molar-refractivity contribution in [3.05, 3.63) is 69.6 Å². The van der Waals surface area contributed by atoms with Gasteiger partial charge in [0.1, 0.15) is 5.75 Å². The quantitative estimate of drug-likeness (QED) is 0.584. The van der Waals surface area contributed by atoms with E-state index in [0.717, 1.165) is 12.1 Å². The van der Waals surface area contributed by atoms with Crippen molar-refractivity contribution in [1.29, 1.82) is 0 Å². The summed E-state index contributed by atoms with van der Waals surface area (Å²) in [6.45, 7) is 1.38. The Bertz CT molecular complexity index is 1240. The second-order valence-electron chi connectivity index (χ2n) is 6.20. The van der Waals surface area contributed by atoms with Crippen LogP contribution in [0.4, 0.5) is 13.2 Å². The zero-order valence-corrected chi connectivity index (χ0v) is 16.6. The summed E-state index contributed by atoms with van der Waals surface area (Å²) in [5, 5.41) is 0.731. The van der Waals surface area contributed by atoms with Crippen LogP contribution in [0.15, 0.2) is 58.4 Å². The van der Waals surface area contributed by atoms with Crippen LogP contribution in [0, 0.1) is 0 Å². The first-order chi connectivity index (χ1) is 13.5. The van der Waals surface area contributed by atoms with Gasteiger partial charge < -0.3 is 9.30 Å². The summed E-state index contributed by atoms with van der Waals surface area (Å²) in [6.07, 6.45) is -3.44. The Morgan fingerprint density at radius 2 is 1.83 bits per heavy atom. The average Bonchev–Trinajstić information content (AvgIpc) is 2.63. The Morgan fingerprint density at radius 1 is 1.10 bits per heavy atom. The van der Waals surface area contributed by atoms with Gasteiger partial charge in [-0.15, -0.1) is 13.2 Å². The van der Waals surface area contributed by atoms with E-state index < -0.39 is 27.5 Å². The third-order valence-corrected chi connectivity index (χ3v) is 6.33. The monoisotopic (exact) mass is 445 g/mol. The molecule has 0 fully saturated rings. The smallest absolute Gasteiger partial charge is 0.406 e. The predicted molar refractivity (Wildman–Crippen MR) is 103 cm³/mol. The molecule has 0 amide bonds. The van der Waals surface area contributed by atoms with E-state index in [-0.39, 0.29) is 22.6 Å². The molecular formula is C19H15ClF3NO4S. The van der Waals surface area contributed by atoms with Gasteiger partial charge >= 0.3 is 6.36 Å². The Labute approximate surface area is 169 Å². The molecule has 1 aromatic heterocycles. The van der Waals surface area contributed by atoms with E-state index in [1.165, 1.54) is 42.0 Å². The fraction of sp³-hybridized carbons (Fsp3) is 0.211. The number of rotatable bonds is 5. The molecule has 0 aliphatic carbocycles. The lowest BCUT2D eigenvalue weighted by atomic mass is 10.1. The molecule has 0 N–H and O–H groups in total. The van der Waals surface area contributed by atoms with Crippen LogP contribution >= 0.6 is 11.6 Å². The molecule has 0 bridgehead atoms. The number of sulfone groups is 1. The summed E-state index contributed by atoms with van der Waals surface area (Å²) in [5.41, 5.74) is -0.279. The van der Waals surface area contributed by atoms with Gasteiger partial charge in [0, 0.05) is 11.2 Å². The molecule has 0 saturated heterocycles. The minimum absolute atomic E-state index is 0.0103. The number of pyridine rings is 1. The van der Waals surface area contributed by atoms with Crippen LogP contribution < -0.4 is 10.3 Å². The lowest BCUT2D eigenvalue weighted by Gasteiger charge is -2.13. The number of ether oxygens (including phenoxy) is 1. The van der Waals surface area contributed by atoms with Gasteiger partial charge in [-0.2, -0.15) is 0 Å². The molecule has 2 aromatic carbocycles. The number of nitrogens with zero attached hydrogens (tertiary/aromatic N) is 1. The summed E-state index contributed by atoms with van der Waals surface area (Å²) in [5.74, 6) is -0.649. The molecule has 0 spiro atoms. The van der Waals surface area contributed by atoms with Crippen molar-refractivity contribution in [3.8, 4) is 5.75 Å². The first kappa shape index (κ1) is 21.2. The molecule has 3 rings (SSSR count). The number of alkyl halides is 3. The molecule has 1 heterocycles. The highest BCUT2D eigenvalue weighted by molar-refractivity contribution is 7.91. The molecule has 0 atom stereocenters. The molecule has 154 valence electrons. The number of fused-ring (bicyclic) bond motifs is 1. The number of hydrogen-bond acceptors (Lipinski definition) is 4. The van der Waals surface area contributed by atoms with Gasteiger partial charge in [0.25, 0.3) is 5.56 Å². The number of halogens is 4. The summed E-state index contributed by atoms with van der Waals surface area (Å²) in [7, 11) is -3.57. The van der Waals surface area contributed by atoms with E-state index in [2.05, 4.69) is 4.74 Å². The normalized spacial score (nSPS) is 12.3.